The molecule has 3 aliphatic rings. The quantitative estimate of drug-likeness (QED) is 0.501. The van der Waals surface area contributed by atoms with Crippen LogP contribution in [-0.2, 0) is 11.2 Å². The van der Waals surface area contributed by atoms with Crippen LogP contribution in [0.4, 0.5) is 14.7 Å². The lowest BCUT2D eigenvalue weighted by Gasteiger charge is -2.28. The summed E-state index contributed by atoms with van der Waals surface area (Å²) < 4.78 is 34.2. The molecular weight excluding hydrogens is 490 g/mol. The number of alkyl halides is 2. The van der Waals surface area contributed by atoms with Crippen molar-refractivity contribution in [1.29, 1.82) is 0 Å². The Morgan fingerprint density at radius 1 is 1.11 bits per heavy atom. The maximum Gasteiger partial charge on any atom is 0.255 e. The second-order valence-electron chi connectivity index (χ2n) is 10.5. The predicted molar refractivity (Wildman–Crippen MR) is 139 cm³/mol. The molecule has 1 saturated heterocycles. The monoisotopic (exact) mass is 522 g/mol. The first kappa shape index (κ1) is 24.9. The number of carbonyl (C=O) groups is 1. The van der Waals surface area contributed by atoms with Gasteiger partial charge in [-0.25, -0.2) is 23.3 Å². The highest BCUT2D eigenvalue weighted by Crippen LogP contribution is 2.35. The van der Waals surface area contributed by atoms with Gasteiger partial charge >= 0.3 is 0 Å². The Balaban J connectivity index is 1.24. The highest BCUT2D eigenvalue weighted by Gasteiger charge is 2.35. The van der Waals surface area contributed by atoms with Crippen LogP contribution in [0, 0.1) is 0 Å². The van der Waals surface area contributed by atoms with Crippen molar-refractivity contribution >= 4 is 22.9 Å². The topological polar surface area (TPSA) is 93.4 Å². The van der Waals surface area contributed by atoms with E-state index in [0.29, 0.717) is 37.6 Å². The van der Waals surface area contributed by atoms with E-state index < -0.39 is 5.92 Å². The van der Waals surface area contributed by atoms with E-state index in [1.165, 1.54) is 0 Å². The van der Waals surface area contributed by atoms with E-state index in [1.807, 2.05) is 24.5 Å². The predicted octanol–water partition coefficient (Wildman–Crippen LogP) is 4.79. The Bertz CT molecular complexity index is 1350. The molecule has 1 saturated carbocycles. The third kappa shape index (κ3) is 5.27. The summed E-state index contributed by atoms with van der Waals surface area (Å²) in [4.78, 5) is 22.4. The Morgan fingerprint density at radius 2 is 1.92 bits per heavy atom. The Hall–Kier alpha value is -3.40. The number of carbonyl (C=O) groups excluding carboxylic acids is 1. The van der Waals surface area contributed by atoms with Crippen LogP contribution >= 0.6 is 0 Å². The number of fused-ring (bicyclic) bond motifs is 2. The molecule has 200 valence electrons. The number of aromatic nitrogens is 4. The minimum absolute atomic E-state index is 0.0385. The lowest BCUT2D eigenvalue weighted by atomic mass is 9.92. The second-order valence-corrected chi connectivity index (χ2v) is 10.5. The fourth-order valence-electron chi connectivity index (χ4n) is 5.60. The molecule has 3 aromatic rings. The van der Waals surface area contributed by atoms with Crippen LogP contribution in [-0.4, -0.2) is 56.7 Å². The minimum atomic E-state index is -2.56. The van der Waals surface area contributed by atoms with Crippen LogP contribution in [0.1, 0.15) is 78.5 Å². The zero-order chi connectivity index (χ0) is 26.1. The fraction of sp³-hybridized carbons (Fsp3) is 0.500. The molecule has 38 heavy (non-hydrogen) atoms. The van der Waals surface area contributed by atoms with Crippen LogP contribution in [0.25, 0.3) is 11.1 Å². The summed E-state index contributed by atoms with van der Waals surface area (Å²) in [6.45, 7) is 1.32. The zero-order valence-electron chi connectivity index (χ0n) is 21.3. The van der Waals surface area contributed by atoms with Gasteiger partial charge in [-0.1, -0.05) is 6.08 Å². The standard InChI is InChI=1S/C28H32F2N6O2/c29-28(30)10-5-19(6-11-28)34-27-31-16-22-21(3-1-2-4-24(22)35-27)18-7-12-36-25(15-18)23(17-32-36)26(37)33-20-8-13-38-14-9-20/h3,7,12,15-17,19-20H,1-2,4-6,8-11,13-14H2,(H,33,37)(H,31,34,35). The van der Waals surface area contributed by atoms with E-state index in [9.17, 15) is 13.6 Å². The maximum absolute atomic E-state index is 13.5. The van der Waals surface area contributed by atoms with E-state index in [4.69, 9.17) is 9.72 Å². The van der Waals surface area contributed by atoms with E-state index >= 15 is 0 Å². The van der Waals surface area contributed by atoms with Gasteiger partial charge in [-0.2, -0.15) is 5.10 Å². The Labute approximate surface area is 219 Å². The summed E-state index contributed by atoms with van der Waals surface area (Å²) in [7, 11) is 0. The Morgan fingerprint density at radius 3 is 2.74 bits per heavy atom. The van der Waals surface area contributed by atoms with Crippen molar-refractivity contribution in [1.82, 2.24) is 24.9 Å². The van der Waals surface area contributed by atoms with E-state index in [1.54, 1.807) is 10.7 Å². The second kappa shape index (κ2) is 10.4. The highest BCUT2D eigenvalue weighted by atomic mass is 19.3. The number of ether oxygens (including phenoxy) is 1. The minimum Gasteiger partial charge on any atom is -0.381 e. The molecule has 0 aromatic carbocycles. The number of pyridine rings is 1. The molecule has 10 heteroatoms. The van der Waals surface area contributed by atoms with Crippen molar-refractivity contribution in [3.8, 4) is 0 Å². The number of nitrogens with zero attached hydrogens (tertiary/aromatic N) is 4. The maximum atomic E-state index is 13.5. The van der Waals surface area contributed by atoms with Crippen LogP contribution in [0.3, 0.4) is 0 Å². The first-order chi connectivity index (χ1) is 18.4. The fourth-order valence-corrected chi connectivity index (χ4v) is 5.60. The molecule has 6 rings (SSSR count). The van der Waals surface area contributed by atoms with Crippen LogP contribution in [0.5, 0.6) is 0 Å². The molecule has 2 aliphatic carbocycles. The molecule has 0 atom stereocenters. The number of allylic oxidation sites excluding steroid dienone is 1. The van der Waals surface area contributed by atoms with Crippen molar-refractivity contribution in [2.75, 3.05) is 18.5 Å². The third-order valence-corrected chi connectivity index (χ3v) is 7.81. The van der Waals surface area contributed by atoms with Crippen molar-refractivity contribution in [3.63, 3.8) is 0 Å². The normalized spacial score (nSPS) is 20.4. The summed E-state index contributed by atoms with van der Waals surface area (Å²) in [5, 5.41) is 10.8. The molecule has 0 radical (unpaired) electrons. The van der Waals surface area contributed by atoms with Crippen LogP contribution in [0.2, 0.25) is 0 Å². The third-order valence-electron chi connectivity index (χ3n) is 7.81. The van der Waals surface area contributed by atoms with Gasteiger partial charge in [0.25, 0.3) is 5.91 Å². The molecule has 0 unspecified atom stereocenters. The van der Waals surface area contributed by atoms with Crippen LogP contribution < -0.4 is 10.6 Å². The molecule has 0 bridgehead atoms. The van der Waals surface area contributed by atoms with Crippen molar-refractivity contribution in [3.05, 3.63) is 59.2 Å². The van der Waals surface area contributed by atoms with E-state index in [-0.39, 0.29) is 30.8 Å². The Kier molecular flexibility index (Phi) is 6.82. The largest absolute Gasteiger partial charge is 0.381 e. The highest BCUT2D eigenvalue weighted by molar-refractivity contribution is 6.01. The first-order valence-corrected chi connectivity index (χ1v) is 13.5. The summed E-state index contributed by atoms with van der Waals surface area (Å²) in [6, 6.07) is 4.07. The van der Waals surface area contributed by atoms with Crippen molar-refractivity contribution < 1.29 is 18.3 Å². The average molecular weight is 523 g/mol. The van der Waals surface area contributed by atoms with Gasteiger partial charge in [-0.3, -0.25) is 4.79 Å². The number of hydrogen-bond donors (Lipinski definition) is 2. The molecular formula is C28H32F2N6O2. The molecule has 1 aliphatic heterocycles. The lowest BCUT2D eigenvalue weighted by Crippen LogP contribution is -2.38. The zero-order valence-corrected chi connectivity index (χ0v) is 21.3. The van der Waals surface area contributed by atoms with Gasteiger partial charge in [-0.05, 0) is 68.2 Å². The average Bonchev–Trinajstić information content (AvgIpc) is 3.23. The number of amides is 1. The summed E-state index contributed by atoms with van der Waals surface area (Å²) >= 11 is 0. The number of hydrogen-bond acceptors (Lipinski definition) is 6. The molecule has 0 spiro atoms. The number of aryl methyl sites for hydroxylation is 1. The van der Waals surface area contributed by atoms with Crippen molar-refractivity contribution in [2.24, 2.45) is 0 Å². The molecule has 1 amide bonds. The van der Waals surface area contributed by atoms with Gasteiger partial charge in [0, 0.05) is 56.1 Å². The molecule has 8 nitrogen and oxygen atoms in total. The number of rotatable bonds is 5. The van der Waals surface area contributed by atoms with Gasteiger partial charge in [0.15, 0.2) is 0 Å². The molecule has 4 heterocycles. The van der Waals surface area contributed by atoms with E-state index in [2.05, 4.69) is 26.8 Å². The molecule has 3 aromatic heterocycles. The van der Waals surface area contributed by atoms with Gasteiger partial charge < -0.3 is 15.4 Å². The van der Waals surface area contributed by atoms with Gasteiger partial charge in [0.2, 0.25) is 11.9 Å². The van der Waals surface area contributed by atoms with Gasteiger partial charge in [0.05, 0.1) is 23.0 Å². The van der Waals surface area contributed by atoms with Gasteiger partial charge in [0.1, 0.15) is 0 Å². The summed E-state index contributed by atoms with van der Waals surface area (Å²) in [6.07, 6.45) is 12.4. The SMILES string of the molecule is O=C(NC1CCOCC1)c1cnn2ccc(C3=CCCCc4nc(NC5CCC(F)(F)CC5)ncc43)cc12. The lowest BCUT2D eigenvalue weighted by molar-refractivity contribution is -0.0361. The van der Waals surface area contributed by atoms with Crippen LogP contribution in [0.15, 0.2) is 36.8 Å². The number of halogens is 2. The summed E-state index contributed by atoms with van der Waals surface area (Å²) in [5.41, 5.74) is 5.19. The first-order valence-electron chi connectivity index (χ1n) is 13.5. The van der Waals surface area contributed by atoms with Gasteiger partial charge in [-0.15, -0.1) is 0 Å². The van der Waals surface area contributed by atoms with Crippen molar-refractivity contribution in [2.45, 2.75) is 75.8 Å². The molecule has 2 N–H and O–H groups in total. The molecule has 2 fully saturated rings. The number of anilines is 1. The smallest absolute Gasteiger partial charge is 0.255 e. The number of nitrogens with one attached hydrogen (secondary N) is 2. The summed E-state index contributed by atoms with van der Waals surface area (Å²) in [5.74, 6) is -2.19. The van der Waals surface area contributed by atoms with E-state index in [0.717, 1.165) is 60.0 Å².